The molecule has 7 nitrogen and oxygen atoms in total. The van der Waals surface area contributed by atoms with Crippen molar-refractivity contribution >= 4 is 5.91 Å². The molecule has 100 valence electrons. The van der Waals surface area contributed by atoms with Crippen LogP contribution in [0.3, 0.4) is 0 Å². The van der Waals surface area contributed by atoms with E-state index in [4.69, 9.17) is 11.3 Å². The number of likely N-dealkylation sites (tertiary alicyclic amines) is 1. The molecule has 2 fully saturated rings. The van der Waals surface area contributed by atoms with Crippen LogP contribution in [0.15, 0.2) is 5.11 Å². The van der Waals surface area contributed by atoms with E-state index in [0.717, 1.165) is 19.4 Å². The summed E-state index contributed by atoms with van der Waals surface area (Å²) in [7, 11) is 0. The second-order valence-corrected chi connectivity index (χ2v) is 5.13. The lowest BCUT2D eigenvalue weighted by Crippen LogP contribution is -2.57. The molecule has 0 bridgehead atoms. The number of primary amides is 1. The van der Waals surface area contributed by atoms with E-state index in [2.05, 4.69) is 20.2 Å². The average molecular weight is 252 g/mol. The first-order chi connectivity index (χ1) is 8.68. The number of carbonyl (C=O) groups is 1. The van der Waals surface area contributed by atoms with Gasteiger partial charge >= 0.3 is 0 Å². The van der Waals surface area contributed by atoms with Gasteiger partial charge in [0, 0.05) is 30.6 Å². The molecule has 1 aliphatic heterocycles. The normalized spacial score (nSPS) is 28.0. The molecule has 0 aromatic carbocycles. The van der Waals surface area contributed by atoms with Crippen molar-refractivity contribution < 1.29 is 4.79 Å². The van der Waals surface area contributed by atoms with Crippen molar-refractivity contribution in [2.75, 3.05) is 26.2 Å². The first kappa shape index (κ1) is 13.1. The highest BCUT2D eigenvalue weighted by molar-refractivity contribution is 5.85. The maximum Gasteiger partial charge on any atom is 0.239 e. The summed E-state index contributed by atoms with van der Waals surface area (Å²) in [6.07, 6.45) is 3.99. The standard InChI is InChI=1S/C11H20N6O/c12-10(18)11(14-5-1-6-15-16-13)4-7-17(8-11)9-2-3-9/h9,14H,1-8H2,(H2,12,18). The maximum absolute atomic E-state index is 11.7. The van der Waals surface area contributed by atoms with Crippen LogP contribution in [0.2, 0.25) is 0 Å². The van der Waals surface area contributed by atoms with E-state index in [9.17, 15) is 4.79 Å². The van der Waals surface area contributed by atoms with Crippen molar-refractivity contribution in [1.82, 2.24) is 10.2 Å². The van der Waals surface area contributed by atoms with Crippen LogP contribution < -0.4 is 11.1 Å². The third kappa shape index (κ3) is 2.93. The second-order valence-electron chi connectivity index (χ2n) is 5.13. The van der Waals surface area contributed by atoms with Gasteiger partial charge in [0.2, 0.25) is 5.91 Å². The summed E-state index contributed by atoms with van der Waals surface area (Å²) in [5.74, 6) is -0.269. The number of carbonyl (C=O) groups excluding carboxylic acids is 1. The van der Waals surface area contributed by atoms with Crippen LogP contribution in [0.4, 0.5) is 0 Å². The van der Waals surface area contributed by atoms with Crippen molar-refractivity contribution in [3.05, 3.63) is 10.4 Å². The molecule has 1 atom stereocenters. The summed E-state index contributed by atoms with van der Waals surface area (Å²) in [4.78, 5) is 16.7. The molecular weight excluding hydrogens is 232 g/mol. The summed E-state index contributed by atoms with van der Waals surface area (Å²) in [6.45, 7) is 2.76. The van der Waals surface area contributed by atoms with E-state index >= 15 is 0 Å². The summed E-state index contributed by atoms with van der Waals surface area (Å²) < 4.78 is 0. The Balaban J connectivity index is 1.83. The largest absolute Gasteiger partial charge is 0.368 e. The Morgan fingerprint density at radius 3 is 3.00 bits per heavy atom. The topological polar surface area (TPSA) is 107 Å². The molecule has 0 spiro atoms. The smallest absolute Gasteiger partial charge is 0.239 e. The number of nitrogens with one attached hydrogen (secondary N) is 1. The Morgan fingerprint density at radius 1 is 1.61 bits per heavy atom. The van der Waals surface area contributed by atoms with E-state index in [1.54, 1.807) is 0 Å². The molecule has 1 aliphatic carbocycles. The molecule has 1 unspecified atom stereocenters. The number of azide groups is 1. The molecular formula is C11H20N6O. The third-order valence-corrected chi connectivity index (χ3v) is 3.80. The Kier molecular flexibility index (Phi) is 4.06. The van der Waals surface area contributed by atoms with E-state index in [-0.39, 0.29) is 5.91 Å². The molecule has 0 aromatic heterocycles. The van der Waals surface area contributed by atoms with Crippen molar-refractivity contribution in [3.63, 3.8) is 0 Å². The summed E-state index contributed by atoms with van der Waals surface area (Å²) in [5, 5.41) is 6.74. The third-order valence-electron chi connectivity index (χ3n) is 3.80. The molecule has 1 amide bonds. The highest BCUT2D eigenvalue weighted by Crippen LogP contribution is 2.33. The van der Waals surface area contributed by atoms with Gasteiger partial charge in [-0.1, -0.05) is 5.11 Å². The molecule has 0 aromatic rings. The lowest BCUT2D eigenvalue weighted by molar-refractivity contribution is -0.124. The van der Waals surface area contributed by atoms with Crippen molar-refractivity contribution in [3.8, 4) is 0 Å². The van der Waals surface area contributed by atoms with Gasteiger partial charge in [-0.3, -0.25) is 9.69 Å². The van der Waals surface area contributed by atoms with Crippen LogP contribution in [-0.2, 0) is 4.79 Å². The lowest BCUT2D eigenvalue weighted by atomic mass is 9.97. The number of hydrogen-bond acceptors (Lipinski definition) is 4. The molecule has 2 rings (SSSR count). The predicted octanol–water partition coefficient (Wildman–Crippen LogP) is 0.369. The van der Waals surface area contributed by atoms with E-state index in [1.807, 2.05) is 0 Å². The van der Waals surface area contributed by atoms with E-state index in [0.29, 0.717) is 25.7 Å². The molecule has 2 aliphatic rings. The number of nitrogens with two attached hydrogens (primary N) is 1. The summed E-state index contributed by atoms with van der Waals surface area (Å²) in [5.41, 5.74) is 13.1. The molecule has 0 radical (unpaired) electrons. The van der Waals surface area contributed by atoms with Crippen LogP contribution in [0.5, 0.6) is 0 Å². The van der Waals surface area contributed by atoms with Crippen molar-refractivity contribution in [1.29, 1.82) is 0 Å². The lowest BCUT2D eigenvalue weighted by Gasteiger charge is -2.27. The number of hydrogen-bond donors (Lipinski definition) is 2. The van der Waals surface area contributed by atoms with Gasteiger partial charge in [-0.25, -0.2) is 0 Å². The minimum Gasteiger partial charge on any atom is -0.368 e. The Hall–Kier alpha value is -1.30. The molecule has 1 saturated heterocycles. The minimum absolute atomic E-state index is 0.269. The SMILES string of the molecule is [N-]=[N+]=NCCCNC1(C(N)=O)CCN(C2CC2)C1. The molecule has 1 saturated carbocycles. The molecule has 1 heterocycles. The van der Waals surface area contributed by atoms with Gasteiger partial charge in [0.05, 0.1) is 0 Å². The first-order valence-electron chi connectivity index (χ1n) is 6.48. The monoisotopic (exact) mass is 252 g/mol. The zero-order valence-electron chi connectivity index (χ0n) is 10.5. The Labute approximate surface area is 106 Å². The Morgan fingerprint density at radius 2 is 2.39 bits per heavy atom. The average Bonchev–Trinajstić information content (AvgIpc) is 3.10. The number of amides is 1. The van der Waals surface area contributed by atoms with Crippen molar-refractivity contribution in [2.45, 2.75) is 37.3 Å². The number of rotatable bonds is 7. The zero-order chi connectivity index (χ0) is 13.0. The molecule has 3 N–H and O–H groups in total. The van der Waals surface area contributed by atoms with Crippen LogP contribution in [0.1, 0.15) is 25.7 Å². The Bertz CT molecular complexity index is 363. The fourth-order valence-corrected chi connectivity index (χ4v) is 2.55. The van der Waals surface area contributed by atoms with Gasteiger partial charge in [0.1, 0.15) is 5.54 Å². The molecule has 18 heavy (non-hydrogen) atoms. The summed E-state index contributed by atoms with van der Waals surface area (Å²) in [6, 6.07) is 0.663. The molecule has 7 heteroatoms. The van der Waals surface area contributed by atoms with Crippen LogP contribution >= 0.6 is 0 Å². The van der Waals surface area contributed by atoms with Crippen molar-refractivity contribution in [2.24, 2.45) is 10.8 Å². The van der Waals surface area contributed by atoms with Crippen LogP contribution in [0.25, 0.3) is 10.4 Å². The fraction of sp³-hybridized carbons (Fsp3) is 0.909. The highest BCUT2D eigenvalue weighted by atomic mass is 16.1. The zero-order valence-corrected chi connectivity index (χ0v) is 10.5. The number of nitrogens with zero attached hydrogens (tertiary/aromatic N) is 4. The second kappa shape index (κ2) is 5.56. The van der Waals surface area contributed by atoms with E-state index in [1.165, 1.54) is 12.8 Å². The van der Waals surface area contributed by atoms with Crippen LogP contribution in [0, 0.1) is 0 Å². The predicted molar refractivity (Wildman–Crippen MR) is 67.8 cm³/mol. The quantitative estimate of drug-likeness (QED) is 0.296. The van der Waals surface area contributed by atoms with Gasteiger partial charge in [-0.05, 0) is 37.8 Å². The van der Waals surface area contributed by atoms with Gasteiger partial charge in [0.25, 0.3) is 0 Å². The van der Waals surface area contributed by atoms with Gasteiger partial charge in [0.15, 0.2) is 0 Å². The minimum atomic E-state index is -0.584. The van der Waals surface area contributed by atoms with Gasteiger partial charge < -0.3 is 11.1 Å². The van der Waals surface area contributed by atoms with Gasteiger partial charge in [-0.15, -0.1) is 0 Å². The fourth-order valence-electron chi connectivity index (χ4n) is 2.55. The maximum atomic E-state index is 11.7. The van der Waals surface area contributed by atoms with Crippen LogP contribution in [-0.4, -0.2) is 48.6 Å². The highest BCUT2D eigenvalue weighted by Gasteiger charge is 2.46. The first-order valence-corrected chi connectivity index (χ1v) is 6.48. The van der Waals surface area contributed by atoms with Gasteiger partial charge in [-0.2, -0.15) is 0 Å². The summed E-state index contributed by atoms with van der Waals surface area (Å²) >= 11 is 0. The van der Waals surface area contributed by atoms with E-state index < -0.39 is 5.54 Å².